The van der Waals surface area contributed by atoms with Crippen LogP contribution in [0, 0.1) is 13.8 Å². The molecule has 0 saturated heterocycles. The molecule has 0 saturated carbocycles. The van der Waals surface area contributed by atoms with Crippen LogP contribution >= 0.6 is 23.1 Å². The second kappa shape index (κ2) is 7.53. The molecule has 0 aliphatic heterocycles. The lowest BCUT2D eigenvalue weighted by molar-refractivity contribution is -0.0512. The van der Waals surface area contributed by atoms with E-state index in [-0.39, 0.29) is 11.5 Å². The highest BCUT2D eigenvalue weighted by Gasteiger charge is 2.14. The summed E-state index contributed by atoms with van der Waals surface area (Å²) in [6, 6.07) is 4.95. The Bertz CT molecular complexity index is 900. The van der Waals surface area contributed by atoms with Gasteiger partial charge in [0, 0.05) is 16.0 Å². The largest absolute Gasteiger partial charge is 0.493 e. The van der Waals surface area contributed by atoms with E-state index in [2.05, 4.69) is 28.6 Å². The van der Waals surface area contributed by atoms with Crippen LogP contribution in [-0.4, -0.2) is 23.7 Å². The third-order valence-corrected chi connectivity index (χ3v) is 5.93. The minimum Gasteiger partial charge on any atom is -0.493 e. The number of fused-ring (bicyclic) bond motifs is 1. The van der Waals surface area contributed by atoms with Crippen LogP contribution < -0.4 is 9.47 Å². The molecular weight excluding hydrogens is 366 g/mol. The molecule has 2 aromatic heterocycles. The van der Waals surface area contributed by atoms with Crippen LogP contribution in [0.25, 0.3) is 10.2 Å². The molecule has 0 fully saturated rings. The average molecular weight is 382 g/mol. The van der Waals surface area contributed by atoms with Crippen molar-refractivity contribution in [2.45, 2.75) is 31.2 Å². The van der Waals surface area contributed by atoms with Crippen LogP contribution in [0.5, 0.6) is 11.5 Å². The summed E-state index contributed by atoms with van der Waals surface area (Å²) in [5.41, 5.74) is 2.13. The summed E-state index contributed by atoms with van der Waals surface area (Å²) >= 11 is 3.24. The first-order valence-corrected chi connectivity index (χ1v) is 9.25. The molecule has 0 atom stereocenters. The molecule has 3 rings (SSSR count). The smallest absolute Gasteiger partial charge is 0.387 e. The Labute approximate surface area is 152 Å². The van der Waals surface area contributed by atoms with E-state index in [1.807, 2.05) is 0 Å². The number of benzene rings is 1. The fourth-order valence-electron chi connectivity index (χ4n) is 2.41. The number of rotatable bonds is 6. The number of aromatic nitrogens is 2. The van der Waals surface area contributed by atoms with Gasteiger partial charge in [-0.2, -0.15) is 8.78 Å². The molecule has 0 aliphatic carbocycles. The minimum atomic E-state index is -2.88. The van der Waals surface area contributed by atoms with Crippen molar-refractivity contribution in [2.75, 3.05) is 7.11 Å². The Balaban J connectivity index is 1.82. The SMILES string of the molecule is COc1cc(CSc2ncnc3sc(C)c(C)c23)ccc1OC(F)F. The van der Waals surface area contributed by atoms with E-state index < -0.39 is 6.61 Å². The van der Waals surface area contributed by atoms with Crippen molar-refractivity contribution >= 4 is 33.3 Å². The fourth-order valence-corrected chi connectivity index (χ4v) is 4.47. The zero-order valence-corrected chi connectivity index (χ0v) is 15.5. The highest BCUT2D eigenvalue weighted by Crippen LogP contribution is 2.36. The topological polar surface area (TPSA) is 44.2 Å². The lowest BCUT2D eigenvalue weighted by atomic mass is 10.2. The molecular formula is C17H16F2N2O2S2. The number of nitrogens with zero attached hydrogens (tertiary/aromatic N) is 2. The third-order valence-electron chi connectivity index (χ3n) is 3.75. The van der Waals surface area contributed by atoms with Crippen LogP contribution in [-0.2, 0) is 5.75 Å². The Morgan fingerprint density at radius 2 is 2.00 bits per heavy atom. The molecule has 0 amide bonds. The summed E-state index contributed by atoms with van der Waals surface area (Å²) in [4.78, 5) is 10.9. The molecule has 0 radical (unpaired) electrons. The first kappa shape index (κ1) is 17.9. The average Bonchev–Trinajstić information content (AvgIpc) is 2.88. The highest BCUT2D eigenvalue weighted by molar-refractivity contribution is 7.98. The number of thioether (sulfide) groups is 1. The van der Waals surface area contributed by atoms with E-state index >= 15 is 0 Å². The van der Waals surface area contributed by atoms with Gasteiger partial charge < -0.3 is 9.47 Å². The first-order valence-electron chi connectivity index (χ1n) is 7.44. The maximum Gasteiger partial charge on any atom is 0.387 e. The van der Waals surface area contributed by atoms with Gasteiger partial charge in [-0.1, -0.05) is 6.07 Å². The number of aryl methyl sites for hydroxylation is 2. The number of halogens is 2. The monoisotopic (exact) mass is 382 g/mol. The van der Waals surface area contributed by atoms with Gasteiger partial charge in [-0.05, 0) is 37.1 Å². The van der Waals surface area contributed by atoms with Gasteiger partial charge in [-0.25, -0.2) is 9.97 Å². The van der Waals surface area contributed by atoms with Crippen LogP contribution in [0.2, 0.25) is 0 Å². The van der Waals surface area contributed by atoms with Crippen LogP contribution in [0.15, 0.2) is 29.6 Å². The number of hydrogen-bond acceptors (Lipinski definition) is 6. The molecule has 4 nitrogen and oxygen atoms in total. The second-order valence-electron chi connectivity index (χ2n) is 5.29. The van der Waals surface area contributed by atoms with E-state index in [0.717, 1.165) is 20.8 Å². The van der Waals surface area contributed by atoms with Gasteiger partial charge in [0.05, 0.1) is 7.11 Å². The number of thiophene rings is 1. The standard InChI is InChI=1S/C17H16F2N2O2S2/c1-9-10(2)25-16-14(9)15(20-8-21-16)24-7-11-4-5-12(23-17(18)19)13(6-11)22-3/h4-6,8,17H,7H2,1-3H3. The summed E-state index contributed by atoms with van der Waals surface area (Å²) in [5, 5.41) is 2.00. The lowest BCUT2D eigenvalue weighted by Crippen LogP contribution is -2.03. The van der Waals surface area contributed by atoms with Gasteiger partial charge in [0.2, 0.25) is 0 Å². The summed E-state index contributed by atoms with van der Waals surface area (Å²) in [6.45, 7) is 1.26. The van der Waals surface area contributed by atoms with Gasteiger partial charge in [0.15, 0.2) is 11.5 Å². The molecule has 3 aromatic rings. The molecule has 1 aromatic carbocycles. The first-order chi connectivity index (χ1) is 12.0. The molecule has 0 aliphatic rings. The molecule has 0 spiro atoms. The van der Waals surface area contributed by atoms with Gasteiger partial charge in [-0.15, -0.1) is 23.1 Å². The Morgan fingerprint density at radius 1 is 1.20 bits per heavy atom. The Hall–Kier alpha value is -1.93. The highest BCUT2D eigenvalue weighted by atomic mass is 32.2. The summed E-state index contributed by atoms with van der Waals surface area (Å²) in [6.07, 6.45) is 1.57. The molecule has 0 bridgehead atoms. The van der Waals surface area contributed by atoms with Crippen LogP contribution in [0.1, 0.15) is 16.0 Å². The van der Waals surface area contributed by atoms with Crippen molar-refractivity contribution in [3.05, 3.63) is 40.5 Å². The second-order valence-corrected chi connectivity index (χ2v) is 7.46. The predicted molar refractivity (Wildman–Crippen MR) is 96.1 cm³/mol. The van der Waals surface area contributed by atoms with Crippen molar-refractivity contribution < 1.29 is 18.3 Å². The third kappa shape index (κ3) is 3.85. The molecule has 25 heavy (non-hydrogen) atoms. The van der Waals surface area contributed by atoms with E-state index in [1.54, 1.807) is 41.6 Å². The van der Waals surface area contributed by atoms with Gasteiger partial charge in [0.1, 0.15) is 16.2 Å². The van der Waals surface area contributed by atoms with E-state index in [1.165, 1.54) is 23.6 Å². The van der Waals surface area contributed by atoms with Crippen molar-refractivity contribution in [3.8, 4) is 11.5 Å². The molecule has 2 heterocycles. The van der Waals surface area contributed by atoms with Crippen LogP contribution in [0.4, 0.5) is 8.78 Å². The summed E-state index contributed by atoms with van der Waals surface area (Å²) < 4.78 is 34.4. The number of methoxy groups -OCH3 is 1. The van der Waals surface area contributed by atoms with Gasteiger partial charge >= 0.3 is 6.61 Å². The predicted octanol–water partition coefficient (Wildman–Crippen LogP) is 5.21. The van der Waals surface area contributed by atoms with Crippen LogP contribution in [0.3, 0.4) is 0 Å². The Kier molecular flexibility index (Phi) is 5.39. The maximum absolute atomic E-state index is 12.4. The number of ether oxygens (including phenoxy) is 2. The molecule has 0 N–H and O–H groups in total. The Morgan fingerprint density at radius 3 is 2.72 bits per heavy atom. The zero-order valence-electron chi connectivity index (χ0n) is 13.9. The van der Waals surface area contributed by atoms with Gasteiger partial charge in [-0.3, -0.25) is 0 Å². The normalized spacial score (nSPS) is 11.3. The number of alkyl halides is 2. The van der Waals surface area contributed by atoms with E-state index in [9.17, 15) is 8.78 Å². The fraction of sp³-hybridized carbons (Fsp3) is 0.294. The van der Waals surface area contributed by atoms with Crippen molar-refractivity contribution in [3.63, 3.8) is 0 Å². The molecule has 0 unspecified atom stereocenters. The van der Waals surface area contributed by atoms with E-state index in [4.69, 9.17) is 4.74 Å². The van der Waals surface area contributed by atoms with Crippen molar-refractivity contribution in [1.82, 2.24) is 9.97 Å². The maximum atomic E-state index is 12.4. The minimum absolute atomic E-state index is 0.0278. The summed E-state index contributed by atoms with van der Waals surface area (Å²) in [7, 11) is 1.43. The van der Waals surface area contributed by atoms with Gasteiger partial charge in [0.25, 0.3) is 0 Å². The zero-order chi connectivity index (χ0) is 18.0. The van der Waals surface area contributed by atoms with E-state index in [0.29, 0.717) is 5.75 Å². The molecule has 8 heteroatoms. The van der Waals surface area contributed by atoms with Crippen molar-refractivity contribution in [2.24, 2.45) is 0 Å². The lowest BCUT2D eigenvalue weighted by Gasteiger charge is -2.11. The molecule has 132 valence electrons. The quantitative estimate of drug-likeness (QED) is 0.432. The van der Waals surface area contributed by atoms with Crippen molar-refractivity contribution in [1.29, 1.82) is 0 Å². The number of hydrogen-bond donors (Lipinski definition) is 0. The summed E-state index contributed by atoms with van der Waals surface area (Å²) in [5.74, 6) is 0.944.